The first kappa shape index (κ1) is 8.30. The summed E-state index contributed by atoms with van der Waals surface area (Å²) in [6.07, 6.45) is 1.75. The standard InChI is InChI=1S/C11H13NO/c1-2-9-3-5-10(6-4-9)12-8-7-11(12)13/h3-6H,2,7-8H2,1H3. The molecule has 0 bridgehead atoms. The van der Waals surface area contributed by atoms with Gasteiger partial charge in [0.2, 0.25) is 5.91 Å². The highest BCUT2D eigenvalue weighted by molar-refractivity contribution is 5.99. The number of nitrogens with zero attached hydrogens (tertiary/aromatic N) is 1. The van der Waals surface area contributed by atoms with Gasteiger partial charge in [0.25, 0.3) is 0 Å². The number of aryl methyl sites for hydroxylation is 1. The normalized spacial score (nSPS) is 15.8. The van der Waals surface area contributed by atoms with Gasteiger partial charge in [0.15, 0.2) is 0 Å². The average molecular weight is 175 g/mol. The molecule has 0 saturated carbocycles. The SMILES string of the molecule is CCc1ccc(N2CCC2=O)cc1. The molecule has 1 heterocycles. The summed E-state index contributed by atoms with van der Waals surface area (Å²) < 4.78 is 0. The molecule has 0 radical (unpaired) electrons. The Morgan fingerprint density at radius 2 is 2.00 bits per heavy atom. The van der Waals surface area contributed by atoms with Crippen LogP contribution in [0.15, 0.2) is 24.3 Å². The van der Waals surface area contributed by atoms with Crippen molar-refractivity contribution >= 4 is 11.6 Å². The number of anilines is 1. The highest BCUT2D eigenvalue weighted by atomic mass is 16.2. The van der Waals surface area contributed by atoms with Crippen LogP contribution in [0.25, 0.3) is 0 Å². The average Bonchev–Trinajstić information content (AvgIpc) is 2.17. The number of rotatable bonds is 2. The molecule has 0 aromatic heterocycles. The molecule has 1 aromatic carbocycles. The van der Waals surface area contributed by atoms with Crippen LogP contribution in [-0.2, 0) is 11.2 Å². The zero-order valence-corrected chi connectivity index (χ0v) is 7.79. The van der Waals surface area contributed by atoms with E-state index in [4.69, 9.17) is 0 Å². The minimum absolute atomic E-state index is 0.240. The number of carbonyl (C=O) groups is 1. The first-order valence-electron chi connectivity index (χ1n) is 4.70. The fourth-order valence-electron chi connectivity index (χ4n) is 1.50. The maximum absolute atomic E-state index is 11.1. The van der Waals surface area contributed by atoms with Gasteiger partial charge in [0.05, 0.1) is 0 Å². The van der Waals surface area contributed by atoms with E-state index >= 15 is 0 Å². The summed E-state index contributed by atoms with van der Waals surface area (Å²) in [6.45, 7) is 3.01. The molecule has 2 nitrogen and oxygen atoms in total. The van der Waals surface area contributed by atoms with Crippen LogP contribution in [0.2, 0.25) is 0 Å². The molecule has 0 unspecified atom stereocenters. The zero-order valence-electron chi connectivity index (χ0n) is 7.79. The summed E-state index contributed by atoms with van der Waals surface area (Å²) in [4.78, 5) is 12.9. The third-order valence-electron chi connectivity index (χ3n) is 2.51. The molecule has 1 fully saturated rings. The molecule has 1 aromatic rings. The molecule has 0 N–H and O–H groups in total. The van der Waals surface area contributed by atoms with Crippen LogP contribution < -0.4 is 4.90 Å². The predicted molar refractivity (Wildman–Crippen MR) is 52.8 cm³/mol. The van der Waals surface area contributed by atoms with E-state index in [9.17, 15) is 4.79 Å². The Balaban J connectivity index is 2.18. The van der Waals surface area contributed by atoms with E-state index in [2.05, 4.69) is 19.1 Å². The Morgan fingerprint density at radius 1 is 1.31 bits per heavy atom. The Kier molecular flexibility index (Phi) is 2.05. The van der Waals surface area contributed by atoms with Crippen molar-refractivity contribution in [2.75, 3.05) is 11.4 Å². The van der Waals surface area contributed by atoms with Crippen LogP contribution in [0.1, 0.15) is 18.9 Å². The molecule has 13 heavy (non-hydrogen) atoms. The van der Waals surface area contributed by atoms with Gasteiger partial charge >= 0.3 is 0 Å². The highest BCUT2D eigenvalue weighted by Gasteiger charge is 2.24. The predicted octanol–water partition coefficient (Wildman–Crippen LogP) is 1.99. The topological polar surface area (TPSA) is 20.3 Å². The second-order valence-corrected chi connectivity index (χ2v) is 3.32. The smallest absolute Gasteiger partial charge is 0.228 e. The maximum atomic E-state index is 11.1. The van der Waals surface area contributed by atoms with Crippen molar-refractivity contribution < 1.29 is 4.79 Å². The van der Waals surface area contributed by atoms with Crippen molar-refractivity contribution in [2.45, 2.75) is 19.8 Å². The number of carbonyl (C=O) groups excluding carboxylic acids is 1. The van der Waals surface area contributed by atoms with Crippen molar-refractivity contribution in [2.24, 2.45) is 0 Å². The molecular weight excluding hydrogens is 162 g/mol. The molecule has 2 heteroatoms. The minimum atomic E-state index is 0.240. The number of benzene rings is 1. The fraction of sp³-hybridized carbons (Fsp3) is 0.364. The summed E-state index contributed by atoms with van der Waals surface area (Å²) in [5, 5.41) is 0. The van der Waals surface area contributed by atoms with E-state index in [0.29, 0.717) is 6.42 Å². The molecule has 0 atom stereocenters. The molecule has 1 amide bonds. The minimum Gasteiger partial charge on any atom is -0.312 e. The van der Waals surface area contributed by atoms with E-state index in [0.717, 1.165) is 18.7 Å². The highest BCUT2D eigenvalue weighted by Crippen LogP contribution is 2.21. The summed E-state index contributed by atoms with van der Waals surface area (Å²) in [6, 6.07) is 8.22. The van der Waals surface area contributed by atoms with Crippen molar-refractivity contribution in [1.82, 2.24) is 0 Å². The number of hydrogen-bond donors (Lipinski definition) is 0. The van der Waals surface area contributed by atoms with E-state index < -0.39 is 0 Å². The lowest BCUT2D eigenvalue weighted by molar-refractivity contribution is -0.122. The summed E-state index contributed by atoms with van der Waals surface area (Å²) in [5.74, 6) is 0.240. The molecule has 1 aliphatic heterocycles. The van der Waals surface area contributed by atoms with E-state index in [1.54, 1.807) is 0 Å². The quantitative estimate of drug-likeness (QED) is 0.629. The van der Waals surface area contributed by atoms with Gasteiger partial charge in [-0.15, -0.1) is 0 Å². The van der Waals surface area contributed by atoms with Gasteiger partial charge in [-0.05, 0) is 24.1 Å². The van der Waals surface area contributed by atoms with Crippen molar-refractivity contribution in [3.63, 3.8) is 0 Å². The van der Waals surface area contributed by atoms with Crippen LogP contribution in [0.3, 0.4) is 0 Å². The van der Waals surface area contributed by atoms with Crippen molar-refractivity contribution in [1.29, 1.82) is 0 Å². The largest absolute Gasteiger partial charge is 0.312 e. The Labute approximate surface area is 78.2 Å². The van der Waals surface area contributed by atoms with Gasteiger partial charge in [0.1, 0.15) is 0 Å². The molecular formula is C11H13NO. The molecule has 2 rings (SSSR count). The van der Waals surface area contributed by atoms with Crippen LogP contribution in [0.5, 0.6) is 0 Å². The summed E-state index contributed by atoms with van der Waals surface area (Å²) in [7, 11) is 0. The molecule has 68 valence electrons. The molecule has 1 saturated heterocycles. The summed E-state index contributed by atoms with van der Waals surface area (Å²) in [5.41, 5.74) is 2.35. The van der Waals surface area contributed by atoms with Crippen molar-refractivity contribution in [3.05, 3.63) is 29.8 Å². The lowest BCUT2D eigenvalue weighted by Gasteiger charge is -2.30. The molecule has 0 aliphatic carbocycles. The van der Waals surface area contributed by atoms with E-state index in [1.165, 1.54) is 5.56 Å². The Hall–Kier alpha value is -1.31. The first-order chi connectivity index (χ1) is 6.31. The van der Waals surface area contributed by atoms with Crippen LogP contribution in [0, 0.1) is 0 Å². The van der Waals surface area contributed by atoms with Gasteiger partial charge in [-0.3, -0.25) is 4.79 Å². The Morgan fingerprint density at radius 3 is 2.38 bits per heavy atom. The second kappa shape index (κ2) is 3.21. The number of hydrogen-bond acceptors (Lipinski definition) is 1. The maximum Gasteiger partial charge on any atom is 0.228 e. The van der Waals surface area contributed by atoms with Gasteiger partial charge in [-0.1, -0.05) is 19.1 Å². The van der Waals surface area contributed by atoms with Gasteiger partial charge in [-0.25, -0.2) is 0 Å². The third kappa shape index (κ3) is 1.44. The van der Waals surface area contributed by atoms with Gasteiger partial charge in [0, 0.05) is 18.7 Å². The number of amides is 1. The zero-order chi connectivity index (χ0) is 9.26. The lowest BCUT2D eigenvalue weighted by Crippen LogP contribution is -2.43. The van der Waals surface area contributed by atoms with Gasteiger partial charge in [-0.2, -0.15) is 0 Å². The fourth-order valence-corrected chi connectivity index (χ4v) is 1.50. The van der Waals surface area contributed by atoms with Crippen LogP contribution in [-0.4, -0.2) is 12.5 Å². The molecule has 1 aliphatic rings. The van der Waals surface area contributed by atoms with Crippen molar-refractivity contribution in [3.8, 4) is 0 Å². The Bertz CT molecular complexity index is 315. The van der Waals surface area contributed by atoms with E-state index in [-0.39, 0.29) is 5.91 Å². The van der Waals surface area contributed by atoms with E-state index in [1.807, 2.05) is 17.0 Å². The van der Waals surface area contributed by atoms with Crippen LogP contribution in [0.4, 0.5) is 5.69 Å². The number of β-lactam (4-membered cyclic amide) rings is 1. The second-order valence-electron chi connectivity index (χ2n) is 3.32. The monoisotopic (exact) mass is 175 g/mol. The first-order valence-corrected chi connectivity index (χ1v) is 4.70. The lowest BCUT2D eigenvalue weighted by atomic mass is 10.1. The third-order valence-corrected chi connectivity index (χ3v) is 2.51. The summed E-state index contributed by atoms with van der Waals surface area (Å²) >= 11 is 0. The molecule has 0 spiro atoms. The van der Waals surface area contributed by atoms with Crippen LogP contribution >= 0.6 is 0 Å². The van der Waals surface area contributed by atoms with Gasteiger partial charge < -0.3 is 4.90 Å².